The second kappa shape index (κ2) is 12.7. The molecule has 42 heavy (non-hydrogen) atoms. The quantitative estimate of drug-likeness (QED) is 0.223. The van der Waals surface area contributed by atoms with Crippen LogP contribution in [0.5, 0.6) is 5.75 Å². The minimum Gasteiger partial charge on any atom is -0.491 e. The SMILES string of the molecule is CC(C)OCC[C@@H](C(O)Nc1ccc(C(N)=O)c(F)c1)n1cc2c(cc1=O)-c1cc(Cl)ccc1C[C@@H](C(F)(F)F)CO2. The molecule has 0 spiro atoms. The Bertz CT molecular complexity index is 1510. The summed E-state index contributed by atoms with van der Waals surface area (Å²) in [6, 6.07) is 8.11. The first kappa shape index (κ1) is 31.3. The zero-order valence-electron chi connectivity index (χ0n) is 22.8. The third-order valence-corrected chi connectivity index (χ3v) is 7.15. The lowest BCUT2D eigenvalue weighted by atomic mass is 9.91. The predicted octanol–water partition coefficient (Wildman–Crippen LogP) is 5.31. The monoisotopic (exact) mass is 611 g/mol. The molecule has 1 aromatic heterocycles. The summed E-state index contributed by atoms with van der Waals surface area (Å²) in [6.45, 7) is 3.02. The smallest absolute Gasteiger partial charge is 0.395 e. The molecule has 1 unspecified atom stereocenters. The highest BCUT2D eigenvalue weighted by Gasteiger charge is 2.41. The second-order valence-electron chi connectivity index (χ2n) is 10.3. The van der Waals surface area contributed by atoms with E-state index in [-0.39, 0.29) is 53.1 Å². The Hall–Kier alpha value is -3.61. The molecule has 4 N–H and O–H groups in total. The molecule has 3 atom stereocenters. The molecule has 3 aromatic rings. The van der Waals surface area contributed by atoms with Gasteiger partial charge in [0.25, 0.3) is 11.5 Å². The molecule has 0 saturated carbocycles. The van der Waals surface area contributed by atoms with E-state index < -0.39 is 48.3 Å². The van der Waals surface area contributed by atoms with Crippen LogP contribution < -0.4 is 21.3 Å². The molecule has 0 aliphatic carbocycles. The highest BCUT2D eigenvalue weighted by Crippen LogP contribution is 2.40. The van der Waals surface area contributed by atoms with Gasteiger partial charge in [0, 0.05) is 28.9 Å². The van der Waals surface area contributed by atoms with Gasteiger partial charge >= 0.3 is 6.18 Å². The number of pyridine rings is 1. The highest BCUT2D eigenvalue weighted by atomic mass is 35.5. The molecule has 8 nitrogen and oxygen atoms in total. The van der Waals surface area contributed by atoms with Gasteiger partial charge in [-0.25, -0.2) is 4.39 Å². The van der Waals surface area contributed by atoms with Crippen molar-refractivity contribution in [1.29, 1.82) is 0 Å². The zero-order chi connectivity index (χ0) is 30.8. The maximum absolute atomic E-state index is 14.4. The average Bonchev–Trinajstić information content (AvgIpc) is 2.88. The highest BCUT2D eigenvalue weighted by molar-refractivity contribution is 6.30. The number of benzene rings is 2. The van der Waals surface area contributed by atoms with E-state index in [0.717, 1.165) is 16.7 Å². The summed E-state index contributed by atoms with van der Waals surface area (Å²) in [5, 5.41) is 14.2. The van der Waals surface area contributed by atoms with Gasteiger partial charge < -0.3 is 30.2 Å². The van der Waals surface area contributed by atoms with Gasteiger partial charge in [-0.3, -0.25) is 9.59 Å². The third-order valence-electron chi connectivity index (χ3n) is 6.91. The third kappa shape index (κ3) is 7.23. The number of halogens is 5. The first-order valence-corrected chi connectivity index (χ1v) is 13.5. The number of carbonyl (C=O) groups excluding carboxylic acids is 1. The number of fused-ring (bicyclic) bond motifs is 3. The molecule has 1 aliphatic heterocycles. The number of aliphatic hydroxyl groups is 1. The number of primary amides is 1. The van der Waals surface area contributed by atoms with Gasteiger partial charge in [-0.15, -0.1) is 0 Å². The Kier molecular flexibility index (Phi) is 9.49. The number of rotatable bonds is 9. The number of hydrogen-bond donors (Lipinski definition) is 3. The lowest BCUT2D eigenvalue weighted by molar-refractivity contribution is -0.181. The van der Waals surface area contributed by atoms with Crippen LogP contribution in [0.25, 0.3) is 11.1 Å². The van der Waals surface area contributed by atoms with Crippen LogP contribution in [0.2, 0.25) is 5.02 Å². The predicted molar refractivity (Wildman–Crippen MR) is 149 cm³/mol. The maximum Gasteiger partial charge on any atom is 0.395 e. The first-order chi connectivity index (χ1) is 19.7. The van der Waals surface area contributed by atoms with E-state index in [9.17, 15) is 32.3 Å². The molecule has 2 heterocycles. The fourth-order valence-corrected chi connectivity index (χ4v) is 4.93. The number of nitrogens with two attached hydrogens (primary N) is 1. The molecule has 226 valence electrons. The van der Waals surface area contributed by atoms with E-state index in [1.165, 1.54) is 36.5 Å². The van der Waals surface area contributed by atoms with Crippen molar-refractivity contribution >= 4 is 23.2 Å². The van der Waals surface area contributed by atoms with Gasteiger partial charge in [-0.2, -0.15) is 13.2 Å². The molecule has 0 bridgehead atoms. The van der Waals surface area contributed by atoms with Crippen molar-refractivity contribution in [3.05, 3.63) is 81.0 Å². The molecule has 0 fully saturated rings. The summed E-state index contributed by atoms with van der Waals surface area (Å²) in [5.74, 6) is -3.70. The van der Waals surface area contributed by atoms with E-state index in [2.05, 4.69) is 5.32 Å². The number of amides is 1. The summed E-state index contributed by atoms with van der Waals surface area (Å²) < 4.78 is 68.2. The summed E-state index contributed by atoms with van der Waals surface area (Å²) in [5.41, 5.74) is 5.27. The molecule has 1 aliphatic rings. The number of aliphatic hydroxyl groups excluding tert-OH is 1. The van der Waals surface area contributed by atoms with Crippen LogP contribution in [0.3, 0.4) is 0 Å². The van der Waals surface area contributed by atoms with Crippen LogP contribution in [0.15, 0.2) is 53.5 Å². The van der Waals surface area contributed by atoms with Crippen molar-refractivity contribution in [2.75, 3.05) is 18.5 Å². The van der Waals surface area contributed by atoms with E-state index in [0.29, 0.717) is 11.1 Å². The Labute approximate surface area is 244 Å². The Balaban J connectivity index is 1.76. The topological polar surface area (TPSA) is 116 Å². The standard InChI is InChI=1S/C29H30ClF4N3O5/c1-15(2)41-8-7-24(28(40)36-19-5-6-20(27(35)39)23(31)11-19)37-13-25-22(12-26(37)38)21-10-18(30)4-3-16(21)9-17(14-42-25)29(32,33)34/h3-6,10-13,15,17,24,28,36,40H,7-9,14H2,1-2H3,(H2,35,39)/t17-,24+,28?/m1/s1. The van der Waals surface area contributed by atoms with Gasteiger partial charge in [-0.1, -0.05) is 17.7 Å². The number of nitrogens with one attached hydrogen (secondary N) is 1. The van der Waals surface area contributed by atoms with Crippen LogP contribution in [-0.2, 0) is 11.2 Å². The van der Waals surface area contributed by atoms with Crippen LogP contribution in [0.4, 0.5) is 23.2 Å². The van der Waals surface area contributed by atoms with Crippen molar-refractivity contribution in [2.24, 2.45) is 11.7 Å². The van der Waals surface area contributed by atoms with Gasteiger partial charge in [0.1, 0.15) is 24.4 Å². The van der Waals surface area contributed by atoms with E-state index in [1.54, 1.807) is 13.8 Å². The van der Waals surface area contributed by atoms with Crippen LogP contribution >= 0.6 is 11.6 Å². The number of carbonyl (C=O) groups is 1. The maximum atomic E-state index is 14.4. The minimum atomic E-state index is -4.54. The first-order valence-electron chi connectivity index (χ1n) is 13.1. The number of nitrogens with zero attached hydrogens (tertiary/aromatic N) is 1. The van der Waals surface area contributed by atoms with Crippen LogP contribution in [-0.4, -0.2) is 47.3 Å². The summed E-state index contributed by atoms with van der Waals surface area (Å²) in [7, 11) is 0. The second-order valence-corrected chi connectivity index (χ2v) is 10.7. The molecule has 2 aromatic carbocycles. The Morgan fingerprint density at radius 2 is 1.95 bits per heavy atom. The number of aromatic nitrogens is 1. The molecular weight excluding hydrogens is 582 g/mol. The summed E-state index contributed by atoms with van der Waals surface area (Å²) >= 11 is 6.17. The van der Waals surface area contributed by atoms with E-state index >= 15 is 0 Å². The Morgan fingerprint density at radius 1 is 1.21 bits per heavy atom. The summed E-state index contributed by atoms with van der Waals surface area (Å²) in [6.07, 6.45) is -5.24. The van der Waals surface area contributed by atoms with Crippen molar-refractivity contribution in [2.45, 2.75) is 51.2 Å². The van der Waals surface area contributed by atoms with Crippen molar-refractivity contribution in [3.63, 3.8) is 0 Å². The molecule has 0 saturated heterocycles. The number of anilines is 1. The molecule has 13 heteroatoms. The fraction of sp³-hybridized carbons (Fsp3) is 0.379. The summed E-state index contributed by atoms with van der Waals surface area (Å²) in [4.78, 5) is 24.9. The lowest BCUT2D eigenvalue weighted by Gasteiger charge is -2.30. The fourth-order valence-electron chi connectivity index (χ4n) is 4.76. The van der Waals surface area contributed by atoms with Crippen LogP contribution in [0, 0.1) is 11.7 Å². The number of ether oxygens (including phenoxy) is 2. The van der Waals surface area contributed by atoms with Gasteiger partial charge in [0.15, 0.2) is 0 Å². The minimum absolute atomic E-state index is 0.00843. The van der Waals surface area contributed by atoms with Crippen molar-refractivity contribution < 1.29 is 36.9 Å². The van der Waals surface area contributed by atoms with Crippen molar-refractivity contribution in [1.82, 2.24) is 4.57 Å². The number of alkyl halides is 3. The molecule has 1 amide bonds. The van der Waals surface area contributed by atoms with E-state index in [1.807, 2.05) is 0 Å². The average molecular weight is 612 g/mol. The normalized spacial score (nSPS) is 16.5. The zero-order valence-corrected chi connectivity index (χ0v) is 23.5. The molecule has 0 radical (unpaired) electrons. The molecule has 4 rings (SSSR count). The van der Waals surface area contributed by atoms with Gasteiger partial charge in [0.05, 0.1) is 29.8 Å². The van der Waals surface area contributed by atoms with Gasteiger partial charge in [0.2, 0.25) is 0 Å². The Morgan fingerprint density at radius 3 is 2.60 bits per heavy atom. The van der Waals surface area contributed by atoms with E-state index in [4.69, 9.17) is 26.8 Å². The van der Waals surface area contributed by atoms with Gasteiger partial charge in [-0.05, 0) is 68.1 Å². The largest absolute Gasteiger partial charge is 0.491 e. The lowest BCUT2D eigenvalue weighted by Crippen LogP contribution is -2.38. The van der Waals surface area contributed by atoms with Crippen molar-refractivity contribution in [3.8, 4) is 16.9 Å². The van der Waals surface area contributed by atoms with Crippen LogP contribution in [0.1, 0.15) is 42.2 Å². The molecular formula is C29H30ClF4N3O5. The number of hydrogen-bond acceptors (Lipinski definition) is 6.